The fraction of sp³-hybridized carbons (Fsp3) is 0.429. The predicted octanol–water partition coefficient (Wildman–Crippen LogP) is 2.85. The minimum atomic E-state index is -0.330. The van der Waals surface area contributed by atoms with Crippen LogP contribution in [0.2, 0.25) is 0 Å². The molecule has 7 heteroatoms. The Bertz CT molecular complexity index is 1110. The van der Waals surface area contributed by atoms with Crippen LogP contribution in [0.5, 0.6) is 0 Å². The summed E-state index contributed by atoms with van der Waals surface area (Å²) in [6.07, 6.45) is 5.42. The smallest absolute Gasteiger partial charge is 0.263 e. The second-order valence-corrected chi connectivity index (χ2v) is 7.97. The normalized spacial score (nSPS) is 19.9. The summed E-state index contributed by atoms with van der Waals surface area (Å²) >= 11 is 0. The van der Waals surface area contributed by atoms with Gasteiger partial charge in [-0.15, -0.1) is 0 Å². The largest absolute Gasteiger partial charge is 0.342 e. The van der Waals surface area contributed by atoms with Gasteiger partial charge in [0.15, 0.2) is 0 Å². The first-order chi connectivity index (χ1) is 13.6. The lowest BCUT2D eigenvalue weighted by atomic mass is 9.97. The van der Waals surface area contributed by atoms with E-state index in [0.29, 0.717) is 24.8 Å². The van der Waals surface area contributed by atoms with Crippen molar-refractivity contribution >= 4 is 16.9 Å². The molecule has 1 aliphatic carbocycles. The van der Waals surface area contributed by atoms with Gasteiger partial charge in [0.25, 0.3) is 11.5 Å². The molecule has 1 aliphatic heterocycles. The summed E-state index contributed by atoms with van der Waals surface area (Å²) in [4.78, 5) is 42.4. The van der Waals surface area contributed by atoms with Crippen LogP contribution < -0.4 is 5.56 Å². The fourth-order valence-corrected chi connectivity index (χ4v) is 4.07. The van der Waals surface area contributed by atoms with Crippen molar-refractivity contribution in [2.45, 2.75) is 44.4 Å². The molecular weight excluding hydrogens is 354 g/mol. The van der Waals surface area contributed by atoms with Crippen molar-refractivity contribution < 1.29 is 4.79 Å². The van der Waals surface area contributed by atoms with Crippen LogP contribution in [0.3, 0.4) is 0 Å². The van der Waals surface area contributed by atoms with Crippen LogP contribution in [0.1, 0.15) is 65.1 Å². The second-order valence-electron chi connectivity index (χ2n) is 7.97. The van der Waals surface area contributed by atoms with Crippen LogP contribution >= 0.6 is 0 Å². The van der Waals surface area contributed by atoms with Crippen LogP contribution in [0, 0.1) is 6.92 Å². The summed E-state index contributed by atoms with van der Waals surface area (Å²) < 4.78 is 0. The average molecular weight is 377 g/mol. The molecule has 144 valence electrons. The first-order valence-electron chi connectivity index (χ1n) is 9.94. The third-order valence-corrected chi connectivity index (χ3v) is 5.84. The van der Waals surface area contributed by atoms with Crippen molar-refractivity contribution in [2.75, 3.05) is 13.1 Å². The number of aromatic nitrogens is 4. The van der Waals surface area contributed by atoms with E-state index in [4.69, 9.17) is 4.98 Å². The SMILES string of the molecule is Cc1cccc2[nH]c([C@@H]3CCCN(C(=O)c4cnc(C5CC5)[nH]c4=O)C3)nc12. The monoisotopic (exact) mass is 377 g/mol. The van der Waals surface area contributed by atoms with Crippen molar-refractivity contribution in [1.82, 2.24) is 24.8 Å². The number of H-pyrrole nitrogens is 2. The standard InChI is InChI=1S/C21H23N5O2/c1-12-4-2-6-16-17(12)24-19(23-16)14-5-3-9-26(11-14)21(28)15-10-22-18(13-7-8-13)25-20(15)27/h2,4,6,10,13-14H,3,5,7-9,11H2,1H3,(H,23,24)(H,22,25,27)/t14-/m1/s1. The molecule has 2 fully saturated rings. The Hall–Kier alpha value is -2.96. The third kappa shape index (κ3) is 3.00. The number of nitrogens with zero attached hydrogens (tertiary/aromatic N) is 3. The minimum Gasteiger partial charge on any atom is -0.342 e. The van der Waals surface area contributed by atoms with Crippen LogP contribution in [-0.2, 0) is 0 Å². The topological polar surface area (TPSA) is 94.7 Å². The van der Waals surface area contributed by atoms with Gasteiger partial charge in [0.1, 0.15) is 17.2 Å². The number of aromatic amines is 2. The van der Waals surface area contributed by atoms with Crippen LogP contribution in [0.4, 0.5) is 0 Å². The molecule has 1 atom stereocenters. The summed E-state index contributed by atoms with van der Waals surface area (Å²) in [5.41, 5.74) is 2.94. The van der Waals surface area contributed by atoms with Gasteiger partial charge in [-0.3, -0.25) is 9.59 Å². The Labute approximate surface area is 162 Å². The molecular formula is C21H23N5O2. The van der Waals surface area contributed by atoms with Gasteiger partial charge >= 0.3 is 0 Å². The first-order valence-corrected chi connectivity index (χ1v) is 9.94. The van der Waals surface area contributed by atoms with Crippen molar-refractivity contribution in [2.24, 2.45) is 0 Å². The van der Waals surface area contributed by atoms with E-state index >= 15 is 0 Å². The number of carbonyl (C=O) groups is 1. The van der Waals surface area contributed by atoms with Crippen LogP contribution in [-0.4, -0.2) is 43.8 Å². The summed E-state index contributed by atoms with van der Waals surface area (Å²) in [6.45, 7) is 3.26. The molecule has 2 aliphatic rings. The molecule has 7 nitrogen and oxygen atoms in total. The number of likely N-dealkylation sites (tertiary alicyclic amines) is 1. The highest BCUT2D eigenvalue weighted by atomic mass is 16.2. The number of rotatable bonds is 3. The van der Waals surface area contributed by atoms with Crippen molar-refractivity contribution in [3.63, 3.8) is 0 Å². The second kappa shape index (κ2) is 6.58. The maximum Gasteiger partial charge on any atom is 0.263 e. The van der Waals surface area contributed by atoms with E-state index in [1.165, 1.54) is 6.20 Å². The van der Waals surface area contributed by atoms with Gasteiger partial charge in [0.05, 0.1) is 11.0 Å². The van der Waals surface area contributed by atoms with Crippen LogP contribution in [0.15, 0.2) is 29.2 Å². The Balaban J connectivity index is 1.38. The van der Waals surface area contributed by atoms with Gasteiger partial charge in [-0.2, -0.15) is 0 Å². The molecule has 1 saturated heterocycles. The molecule has 5 rings (SSSR count). The third-order valence-electron chi connectivity index (χ3n) is 5.84. The number of benzene rings is 1. The number of para-hydroxylation sites is 1. The van der Waals surface area contributed by atoms with E-state index in [0.717, 1.165) is 48.1 Å². The fourth-order valence-electron chi connectivity index (χ4n) is 4.07. The number of amides is 1. The van der Waals surface area contributed by atoms with Gasteiger partial charge in [0.2, 0.25) is 0 Å². The van der Waals surface area contributed by atoms with Crippen molar-refractivity contribution in [3.05, 3.63) is 57.5 Å². The van der Waals surface area contributed by atoms with E-state index < -0.39 is 0 Å². The number of piperidine rings is 1. The molecule has 3 aromatic rings. The molecule has 0 spiro atoms. The number of nitrogens with one attached hydrogen (secondary N) is 2. The maximum absolute atomic E-state index is 13.0. The molecule has 2 aromatic heterocycles. The lowest BCUT2D eigenvalue weighted by molar-refractivity contribution is 0.0702. The zero-order chi connectivity index (χ0) is 19.3. The zero-order valence-corrected chi connectivity index (χ0v) is 15.9. The van der Waals surface area contributed by atoms with Gasteiger partial charge in [-0.25, -0.2) is 9.97 Å². The molecule has 1 aromatic carbocycles. The maximum atomic E-state index is 13.0. The average Bonchev–Trinajstić information content (AvgIpc) is 3.46. The van der Waals surface area contributed by atoms with E-state index in [-0.39, 0.29) is 22.9 Å². The molecule has 0 bridgehead atoms. The molecule has 2 N–H and O–H groups in total. The van der Waals surface area contributed by atoms with Gasteiger partial charge < -0.3 is 14.9 Å². The summed E-state index contributed by atoms with van der Waals surface area (Å²) in [7, 11) is 0. The molecule has 28 heavy (non-hydrogen) atoms. The number of hydrogen-bond acceptors (Lipinski definition) is 4. The number of carbonyl (C=O) groups excluding carboxylic acids is 1. The quantitative estimate of drug-likeness (QED) is 0.734. The number of aryl methyl sites for hydroxylation is 1. The summed E-state index contributed by atoms with van der Waals surface area (Å²) in [6, 6.07) is 6.09. The predicted molar refractivity (Wildman–Crippen MR) is 106 cm³/mol. The Morgan fingerprint density at radius 1 is 1.14 bits per heavy atom. The lowest BCUT2D eigenvalue weighted by Gasteiger charge is -2.31. The Kier molecular flexibility index (Phi) is 4.03. The molecule has 0 unspecified atom stereocenters. The van der Waals surface area contributed by atoms with Crippen molar-refractivity contribution in [3.8, 4) is 0 Å². The summed E-state index contributed by atoms with van der Waals surface area (Å²) in [5.74, 6) is 1.87. The minimum absolute atomic E-state index is 0.130. The Morgan fingerprint density at radius 2 is 2.00 bits per heavy atom. The van der Waals surface area contributed by atoms with Crippen LogP contribution in [0.25, 0.3) is 11.0 Å². The van der Waals surface area contributed by atoms with E-state index in [1.54, 1.807) is 4.90 Å². The highest BCUT2D eigenvalue weighted by Crippen LogP contribution is 2.37. The van der Waals surface area contributed by atoms with Gasteiger partial charge in [-0.1, -0.05) is 12.1 Å². The molecule has 0 radical (unpaired) electrons. The van der Waals surface area contributed by atoms with Crippen molar-refractivity contribution in [1.29, 1.82) is 0 Å². The molecule has 1 amide bonds. The number of imidazole rings is 1. The highest BCUT2D eigenvalue weighted by Gasteiger charge is 2.30. The molecule has 1 saturated carbocycles. The van der Waals surface area contributed by atoms with Gasteiger partial charge in [0, 0.05) is 31.1 Å². The van der Waals surface area contributed by atoms with Gasteiger partial charge in [-0.05, 0) is 44.2 Å². The Morgan fingerprint density at radius 3 is 2.75 bits per heavy atom. The first kappa shape index (κ1) is 17.2. The number of fused-ring (bicyclic) bond motifs is 1. The van der Waals surface area contributed by atoms with E-state index in [1.807, 2.05) is 25.1 Å². The highest BCUT2D eigenvalue weighted by molar-refractivity contribution is 5.93. The lowest BCUT2D eigenvalue weighted by Crippen LogP contribution is -2.41. The van der Waals surface area contributed by atoms with E-state index in [2.05, 4.69) is 15.0 Å². The number of hydrogen-bond donors (Lipinski definition) is 2. The summed E-state index contributed by atoms with van der Waals surface area (Å²) in [5, 5.41) is 0. The zero-order valence-electron chi connectivity index (χ0n) is 15.9. The molecule has 3 heterocycles. The van der Waals surface area contributed by atoms with E-state index in [9.17, 15) is 9.59 Å².